The summed E-state index contributed by atoms with van der Waals surface area (Å²) in [6.45, 7) is 7.04. The highest BCUT2D eigenvalue weighted by Gasteiger charge is 2.19. The van der Waals surface area contributed by atoms with Gasteiger partial charge in [-0.2, -0.15) is 0 Å². The molecule has 2 rings (SSSR count). The minimum atomic E-state index is -0.165. The molecule has 0 saturated carbocycles. The molecule has 1 aliphatic heterocycles. The van der Waals surface area contributed by atoms with Crippen LogP contribution < -0.4 is 10.6 Å². The standard InChI is InChI=1S/C20H33N3O2/c1-3-19(11-13-24)22-20(25)21-14-17-9-4-5-10-18(17)15-23-12-7-6-8-16(23)2/h4-5,9-10,16,19,24H,3,6-8,11-15H2,1-2H3,(H2,21,22,25). The lowest BCUT2D eigenvalue weighted by molar-refractivity contribution is 0.152. The Bertz CT molecular complexity index is 535. The predicted molar refractivity (Wildman–Crippen MR) is 101 cm³/mol. The van der Waals surface area contributed by atoms with Crippen molar-refractivity contribution in [3.8, 4) is 0 Å². The second-order valence-electron chi connectivity index (χ2n) is 7.03. The summed E-state index contributed by atoms with van der Waals surface area (Å²) in [6.07, 6.45) is 5.28. The summed E-state index contributed by atoms with van der Waals surface area (Å²) in [5, 5.41) is 14.9. The maximum Gasteiger partial charge on any atom is 0.315 e. The Morgan fingerprint density at radius 2 is 2.08 bits per heavy atom. The van der Waals surface area contributed by atoms with Gasteiger partial charge in [-0.3, -0.25) is 4.90 Å². The summed E-state index contributed by atoms with van der Waals surface area (Å²) in [5.41, 5.74) is 2.46. The molecule has 0 radical (unpaired) electrons. The maximum atomic E-state index is 12.1. The summed E-state index contributed by atoms with van der Waals surface area (Å²) in [6, 6.07) is 8.84. The second kappa shape index (κ2) is 10.4. The minimum absolute atomic E-state index is 0.0226. The summed E-state index contributed by atoms with van der Waals surface area (Å²) < 4.78 is 0. The van der Waals surface area contributed by atoms with Crippen LogP contribution in [0, 0.1) is 0 Å². The van der Waals surface area contributed by atoms with Crippen LogP contribution in [-0.4, -0.2) is 41.3 Å². The van der Waals surface area contributed by atoms with Crippen molar-refractivity contribution >= 4 is 6.03 Å². The van der Waals surface area contributed by atoms with E-state index in [1.807, 2.05) is 13.0 Å². The van der Waals surface area contributed by atoms with Crippen LogP contribution in [-0.2, 0) is 13.1 Å². The smallest absolute Gasteiger partial charge is 0.315 e. The van der Waals surface area contributed by atoms with Crippen LogP contribution in [0.15, 0.2) is 24.3 Å². The van der Waals surface area contributed by atoms with Crippen molar-refractivity contribution in [2.24, 2.45) is 0 Å². The van der Waals surface area contributed by atoms with Crippen LogP contribution in [0.25, 0.3) is 0 Å². The molecule has 0 aromatic heterocycles. The third-order valence-corrected chi connectivity index (χ3v) is 5.18. The van der Waals surface area contributed by atoms with Gasteiger partial charge in [0.1, 0.15) is 0 Å². The number of aliphatic hydroxyl groups is 1. The van der Waals surface area contributed by atoms with E-state index in [1.54, 1.807) is 0 Å². The van der Waals surface area contributed by atoms with E-state index in [2.05, 4.69) is 40.7 Å². The molecule has 1 aromatic rings. The Kier molecular flexibility index (Phi) is 8.22. The van der Waals surface area contributed by atoms with Gasteiger partial charge in [-0.15, -0.1) is 0 Å². The molecule has 0 spiro atoms. The highest BCUT2D eigenvalue weighted by molar-refractivity contribution is 5.74. The Morgan fingerprint density at radius 3 is 2.76 bits per heavy atom. The molecule has 2 amide bonds. The number of rotatable bonds is 8. The lowest BCUT2D eigenvalue weighted by Crippen LogP contribution is -2.42. The highest BCUT2D eigenvalue weighted by atomic mass is 16.3. The van der Waals surface area contributed by atoms with Crippen LogP contribution >= 0.6 is 0 Å². The molecular formula is C20H33N3O2. The average Bonchev–Trinajstić information content (AvgIpc) is 2.62. The quantitative estimate of drug-likeness (QED) is 0.677. The Labute approximate surface area is 151 Å². The van der Waals surface area contributed by atoms with Gasteiger partial charge in [0.15, 0.2) is 0 Å². The van der Waals surface area contributed by atoms with Crippen LogP contribution in [0.4, 0.5) is 4.79 Å². The molecule has 1 fully saturated rings. The van der Waals surface area contributed by atoms with Gasteiger partial charge >= 0.3 is 6.03 Å². The van der Waals surface area contributed by atoms with Gasteiger partial charge in [-0.25, -0.2) is 4.79 Å². The van der Waals surface area contributed by atoms with E-state index in [0.29, 0.717) is 19.0 Å². The normalized spacial score (nSPS) is 19.4. The second-order valence-corrected chi connectivity index (χ2v) is 7.03. The minimum Gasteiger partial charge on any atom is -0.396 e. The summed E-state index contributed by atoms with van der Waals surface area (Å²) in [4.78, 5) is 14.6. The molecule has 1 aromatic carbocycles. The summed E-state index contributed by atoms with van der Waals surface area (Å²) in [7, 11) is 0. The Hall–Kier alpha value is -1.59. The van der Waals surface area contributed by atoms with Gasteiger partial charge in [0.05, 0.1) is 0 Å². The van der Waals surface area contributed by atoms with Crippen molar-refractivity contribution in [2.75, 3.05) is 13.2 Å². The van der Waals surface area contributed by atoms with E-state index in [1.165, 1.54) is 30.4 Å². The first kappa shape index (κ1) is 19.7. The first-order chi connectivity index (χ1) is 12.1. The molecule has 0 bridgehead atoms. The van der Waals surface area contributed by atoms with Crippen LogP contribution in [0.3, 0.4) is 0 Å². The number of aliphatic hydroxyl groups excluding tert-OH is 1. The molecule has 5 heteroatoms. The maximum absolute atomic E-state index is 12.1. The molecule has 1 heterocycles. The predicted octanol–water partition coefficient (Wildman–Crippen LogP) is 3.02. The molecule has 2 unspecified atom stereocenters. The number of nitrogens with one attached hydrogen (secondary N) is 2. The zero-order chi connectivity index (χ0) is 18.1. The van der Waals surface area contributed by atoms with Crippen LogP contribution in [0.1, 0.15) is 57.1 Å². The number of hydrogen-bond acceptors (Lipinski definition) is 3. The van der Waals surface area contributed by atoms with Gasteiger partial charge in [-0.1, -0.05) is 37.6 Å². The monoisotopic (exact) mass is 347 g/mol. The first-order valence-electron chi connectivity index (χ1n) is 9.60. The van der Waals surface area contributed by atoms with Crippen molar-refractivity contribution in [1.82, 2.24) is 15.5 Å². The first-order valence-corrected chi connectivity index (χ1v) is 9.60. The number of urea groups is 1. The fourth-order valence-electron chi connectivity index (χ4n) is 3.44. The molecule has 5 nitrogen and oxygen atoms in total. The van der Waals surface area contributed by atoms with Crippen molar-refractivity contribution in [3.05, 3.63) is 35.4 Å². The highest BCUT2D eigenvalue weighted by Crippen LogP contribution is 2.20. The third kappa shape index (κ3) is 6.33. The largest absolute Gasteiger partial charge is 0.396 e. The topological polar surface area (TPSA) is 64.6 Å². The number of amides is 2. The zero-order valence-electron chi connectivity index (χ0n) is 15.6. The summed E-state index contributed by atoms with van der Waals surface area (Å²) >= 11 is 0. The van der Waals surface area contributed by atoms with Gasteiger partial charge in [-0.05, 0) is 50.3 Å². The van der Waals surface area contributed by atoms with Gasteiger partial charge in [0.25, 0.3) is 0 Å². The Balaban J connectivity index is 1.90. The summed E-state index contributed by atoms with van der Waals surface area (Å²) in [5.74, 6) is 0. The van der Waals surface area contributed by atoms with E-state index < -0.39 is 0 Å². The van der Waals surface area contributed by atoms with Crippen LogP contribution in [0.5, 0.6) is 0 Å². The van der Waals surface area contributed by atoms with Gasteiger partial charge in [0.2, 0.25) is 0 Å². The van der Waals surface area contributed by atoms with Crippen LogP contribution in [0.2, 0.25) is 0 Å². The number of benzene rings is 1. The van der Waals surface area contributed by atoms with Crippen molar-refractivity contribution in [1.29, 1.82) is 0 Å². The van der Waals surface area contributed by atoms with Gasteiger partial charge in [0, 0.05) is 31.8 Å². The fraction of sp³-hybridized carbons (Fsp3) is 0.650. The van der Waals surface area contributed by atoms with E-state index in [4.69, 9.17) is 5.11 Å². The molecule has 2 atom stereocenters. The van der Waals surface area contributed by atoms with Crippen molar-refractivity contribution < 1.29 is 9.90 Å². The zero-order valence-corrected chi connectivity index (χ0v) is 15.6. The molecule has 1 saturated heterocycles. The molecular weight excluding hydrogens is 314 g/mol. The molecule has 3 N–H and O–H groups in total. The number of piperidine rings is 1. The number of nitrogens with zero attached hydrogens (tertiary/aromatic N) is 1. The SMILES string of the molecule is CCC(CCO)NC(=O)NCc1ccccc1CN1CCCCC1C. The molecule has 1 aliphatic rings. The molecule has 140 valence electrons. The van der Waals surface area contributed by atoms with Crippen molar-refractivity contribution in [3.63, 3.8) is 0 Å². The third-order valence-electron chi connectivity index (χ3n) is 5.18. The van der Waals surface area contributed by atoms with E-state index >= 15 is 0 Å². The number of carbonyl (C=O) groups excluding carboxylic acids is 1. The van der Waals surface area contributed by atoms with E-state index in [-0.39, 0.29) is 18.7 Å². The average molecular weight is 348 g/mol. The molecule has 0 aliphatic carbocycles. The molecule has 25 heavy (non-hydrogen) atoms. The lowest BCUT2D eigenvalue weighted by atomic mass is 10.0. The van der Waals surface area contributed by atoms with Crippen molar-refractivity contribution in [2.45, 2.75) is 71.1 Å². The van der Waals surface area contributed by atoms with E-state index in [9.17, 15) is 4.79 Å². The number of likely N-dealkylation sites (tertiary alicyclic amines) is 1. The number of carbonyl (C=O) groups is 1. The van der Waals surface area contributed by atoms with E-state index in [0.717, 1.165) is 19.5 Å². The Morgan fingerprint density at radius 1 is 1.32 bits per heavy atom. The fourth-order valence-corrected chi connectivity index (χ4v) is 3.44. The number of hydrogen-bond donors (Lipinski definition) is 3. The lowest BCUT2D eigenvalue weighted by Gasteiger charge is -2.33. The van der Waals surface area contributed by atoms with Gasteiger partial charge < -0.3 is 15.7 Å².